The van der Waals surface area contributed by atoms with Gasteiger partial charge in [-0.05, 0) is 26.3 Å². The van der Waals surface area contributed by atoms with Crippen molar-refractivity contribution in [2.75, 3.05) is 13.1 Å². The van der Waals surface area contributed by atoms with E-state index in [1.54, 1.807) is 5.32 Å². The average Bonchev–Trinajstić information content (AvgIpc) is 2.14. The highest BCUT2D eigenvalue weighted by Gasteiger charge is 2.28. The van der Waals surface area contributed by atoms with E-state index in [1.165, 1.54) is 0 Å². The van der Waals surface area contributed by atoms with Crippen molar-refractivity contribution in [1.82, 2.24) is 16.0 Å². The third-order valence-corrected chi connectivity index (χ3v) is 2.41. The fourth-order valence-corrected chi connectivity index (χ4v) is 1.68. The molecule has 7 heteroatoms. The summed E-state index contributed by atoms with van der Waals surface area (Å²) in [7, 11) is 0. The Morgan fingerprint density at radius 3 is 2.75 bits per heavy atom. The van der Waals surface area contributed by atoms with Gasteiger partial charge in [0.05, 0.1) is 0 Å². The van der Waals surface area contributed by atoms with Gasteiger partial charge in [0.15, 0.2) is 0 Å². The molecule has 0 aromatic heterocycles. The van der Waals surface area contributed by atoms with Gasteiger partial charge in [0.1, 0.15) is 6.54 Å². The second-order valence-corrected chi connectivity index (χ2v) is 4.02. The smallest absolute Gasteiger partial charge is 0.335 e. The molecule has 94 valence electrons. The summed E-state index contributed by atoms with van der Waals surface area (Å²) in [5.74, 6) is 0. The Morgan fingerprint density at radius 2 is 2.19 bits per heavy atom. The van der Waals surface area contributed by atoms with Crippen molar-refractivity contribution in [2.45, 2.75) is 38.0 Å². The van der Waals surface area contributed by atoms with Crippen molar-refractivity contribution >= 4 is 6.03 Å². The highest BCUT2D eigenvalue weighted by atomic mass is 19.4. The maximum Gasteiger partial charge on any atom is 0.405 e. The van der Waals surface area contributed by atoms with Crippen LogP contribution in [0, 0.1) is 0 Å². The number of alkyl halides is 3. The molecule has 1 fully saturated rings. The standard InChI is InChI=1S/C9H16F3N3O/c1-6-4-7(2-3-13-6)15-8(16)14-5-9(10,11)12/h6-7,13H,2-5H2,1H3,(H2,14,15,16). The van der Waals surface area contributed by atoms with Crippen molar-refractivity contribution in [2.24, 2.45) is 0 Å². The molecule has 1 saturated heterocycles. The van der Waals surface area contributed by atoms with E-state index in [0.717, 1.165) is 19.4 Å². The normalized spacial score (nSPS) is 26.2. The highest BCUT2D eigenvalue weighted by Crippen LogP contribution is 2.12. The van der Waals surface area contributed by atoms with E-state index in [2.05, 4.69) is 10.6 Å². The molecule has 0 bridgehead atoms. The van der Waals surface area contributed by atoms with Crippen LogP contribution in [0.1, 0.15) is 19.8 Å². The quantitative estimate of drug-likeness (QED) is 0.673. The Bertz CT molecular complexity index is 245. The number of urea groups is 1. The van der Waals surface area contributed by atoms with Gasteiger partial charge in [-0.25, -0.2) is 4.79 Å². The number of amides is 2. The molecule has 0 radical (unpaired) electrons. The Hall–Kier alpha value is -0.980. The summed E-state index contributed by atoms with van der Waals surface area (Å²) in [5.41, 5.74) is 0. The predicted molar refractivity (Wildman–Crippen MR) is 53.1 cm³/mol. The minimum absolute atomic E-state index is 0.0514. The molecule has 1 aliphatic heterocycles. The van der Waals surface area contributed by atoms with Crippen LogP contribution < -0.4 is 16.0 Å². The predicted octanol–water partition coefficient (Wildman–Crippen LogP) is 0.988. The van der Waals surface area contributed by atoms with Gasteiger partial charge >= 0.3 is 12.2 Å². The summed E-state index contributed by atoms with van der Waals surface area (Å²) in [6.45, 7) is 1.45. The summed E-state index contributed by atoms with van der Waals surface area (Å²) in [6.07, 6.45) is -2.89. The summed E-state index contributed by atoms with van der Waals surface area (Å²) < 4.78 is 35.4. The number of hydrogen-bond donors (Lipinski definition) is 3. The van der Waals surface area contributed by atoms with Crippen molar-refractivity contribution in [3.8, 4) is 0 Å². The van der Waals surface area contributed by atoms with Crippen LogP contribution in [0.25, 0.3) is 0 Å². The van der Waals surface area contributed by atoms with Crippen LogP contribution in [0.15, 0.2) is 0 Å². The van der Waals surface area contributed by atoms with Gasteiger partial charge in [-0.2, -0.15) is 13.2 Å². The van der Waals surface area contributed by atoms with Crippen molar-refractivity contribution in [3.05, 3.63) is 0 Å². The fourth-order valence-electron chi connectivity index (χ4n) is 1.68. The molecule has 0 saturated carbocycles. The van der Waals surface area contributed by atoms with Gasteiger partial charge in [0.2, 0.25) is 0 Å². The summed E-state index contributed by atoms with van der Waals surface area (Å²) in [5, 5.41) is 7.51. The molecule has 0 aromatic carbocycles. The molecule has 1 rings (SSSR count). The van der Waals surface area contributed by atoms with Crippen LogP contribution in [-0.2, 0) is 0 Å². The van der Waals surface area contributed by atoms with Crippen molar-refractivity contribution < 1.29 is 18.0 Å². The van der Waals surface area contributed by atoms with Crippen LogP contribution >= 0.6 is 0 Å². The summed E-state index contributed by atoms with van der Waals surface area (Å²) >= 11 is 0. The molecular formula is C9H16F3N3O. The van der Waals surface area contributed by atoms with Gasteiger partial charge in [0.25, 0.3) is 0 Å². The average molecular weight is 239 g/mol. The van der Waals surface area contributed by atoms with E-state index < -0.39 is 18.8 Å². The third kappa shape index (κ3) is 5.20. The number of hydrogen-bond acceptors (Lipinski definition) is 2. The molecule has 0 aliphatic carbocycles. The Kier molecular flexibility index (Phi) is 4.40. The maximum atomic E-state index is 11.8. The van der Waals surface area contributed by atoms with Gasteiger partial charge in [-0.15, -0.1) is 0 Å². The van der Waals surface area contributed by atoms with Crippen molar-refractivity contribution in [1.29, 1.82) is 0 Å². The zero-order valence-corrected chi connectivity index (χ0v) is 9.03. The van der Waals surface area contributed by atoms with Gasteiger partial charge in [-0.1, -0.05) is 0 Å². The second kappa shape index (κ2) is 5.38. The van der Waals surface area contributed by atoms with Gasteiger partial charge < -0.3 is 16.0 Å². The second-order valence-electron chi connectivity index (χ2n) is 4.02. The first-order chi connectivity index (χ1) is 7.37. The molecule has 1 heterocycles. The first-order valence-corrected chi connectivity index (χ1v) is 5.21. The first-order valence-electron chi connectivity index (χ1n) is 5.21. The lowest BCUT2D eigenvalue weighted by Gasteiger charge is -2.28. The summed E-state index contributed by atoms with van der Waals surface area (Å²) in [6, 6.07) is -0.525. The lowest BCUT2D eigenvalue weighted by Crippen LogP contribution is -2.50. The van der Waals surface area contributed by atoms with Gasteiger partial charge in [-0.3, -0.25) is 0 Å². The molecule has 2 atom stereocenters. The zero-order valence-electron chi connectivity index (χ0n) is 9.03. The molecule has 4 nitrogen and oxygen atoms in total. The number of nitrogens with one attached hydrogen (secondary N) is 3. The molecule has 3 N–H and O–H groups in total. The molecule has 0 aromatic rings. The summed E-state index contributed by atoms with van der Waals surface area (Å²) in [4.78, 5) is 11.1. The number of piperidine rings is 1. The van der Waals surface area contributed by atoms with Gasteiger partial charge in [0, 0.05) is 12.1 Å². The molecule has 1 aliphatic rings. The van der Waals surface area contributed by atoms with E-state index in [4.69, 9.17) is 0 Å². The van der Waals surface area contributed by atoms with E-state index in [0.29, 0.717) is 0 Å². The topological polar surface area (TPSA) is 53.2 Å². The largest absolute Gasteiger partial charge is 0.405 e. The van der Waals surface area contributed by atoms with Crippen LogP contribution in [0.4, 0.5) is 18.0 Å². The minimum Gasteiger partial charge on any atom is -0.335 e. The number of halogens is 3. The zero-order chi connectivity index (χ0) is 12.2. The van der Waals surface area contributed by atoms with Crippen molar-refractivity contribution in [3.63, 3.8) is 0 Å². The monoisotopic (exact) mass is 239 g/mol. The van der Waals surface area contributed by atoms with E-state index in [-0.39, 0.29) is 12.1 Å². The third-order valence-electron chi connectivity index (χ3n) is 2.41. The Morgan fingerprint density at radius 1 is 1.50 bits per heavy atom. The number of rotatable bonds is 2. The maximum absolute atomic E-state index is 11.8. The Balaban J connectivity index is 2.23. The first kappa shape index (κ1) is 13.1. The molecule has 2 unspecified atom stereocenters. The van der Waals surface area contributed by atoms with Crippen LogP contribution in [0.3, 0.4) is 0 Å². The molecule has 2 amide bonds. The molecule has 0 spiro atoms. The van der Waals surface area contributed by atoms with Crippen LogP contribution in [-0.4, -0.2) is 37.4 Å². The SMILES string of the molecule is CC1CC(NC(=O)NCC(F)(F)F)CCN1. The van der Waals surface area contributed by atoms with E-state index in [9.17, 15) is 18.0 Å². The highest BCUT2D eigenvalue weighted by molar-refractivity contribution is 5.74. The fraction of sp³-hybridized carbons (Fsp3) is 0.889. The van der Waals surface area contributed by atoms with E-state index >= 15 is 0 Å². The van der Waals surface area contributed by atoms with Crippen LogP contribution in [0.2, 0.25) is 0 Å². The lowest BCUT2D eigenvalue weighted by atomic mass is 10.0. The molecule has 16 heavy (non-hydrogen) atoms. The minimum atomic E-state index is -4.36. The number of carbonyl (C=O) groups is 1. The lowest BCUT2D eigenvalue weighted by molar-refractivity contribution is -0.122. The Labute approximate surface area is 92.0 Å². The van der Waals surface area contributed by atoms with E-state index in [1.807, 2.05) is 6.92 Å². The number of carbonyl (C=O) groups excluding carboxylic acids is 1. The molecular weight excluding hydrogens is 223 g/mol. The van der Waals surface area contributed by atoms with Crippen LogP contribution in [0.5, 0.6) is 0 Å².